The van der Waals surface area contributed by atoms with Crippen LogP contribution in [0.2, 0.25) is 5.02 Å². The Morgan fingerprint density at radius 2 is 2.20 bits per heavy atom. The summed E-state index contributed by atoms with van der Waals surface area (Å²) < 4.78 is 2.50. The van der Waals surface area contributed by atoms with Crippen LogP contribution in [0.1, 0.15) is 41.3 Å². The van der Waals surface area contributed by atoms with E-state index in [1.807, 2.05) is 24.3 Å². The number of carbonyl (C=O) groups excluding carboxylic acids is 1. The molecule has 1 aromatic heterocycles. The smallest absolute Gasteiger partial charge is 0.295 e. The maximum atomic E-state index is 12.6. The van der Waals surface area contributed by atoms with Gasteiger partial charge in [0.1, 0.15) is 6.04 Å². The molecule has 0 spiro atoms. The van der Waals surface area contributed by atoms with E-state index >= 15 is 0 Å². The molecule has 2 N–H and O–H groups in total. The Morgan fingerprint density at radius 1 is 1.33 bits per heavy atom. The highest BCUT2D eigenvalue weighted by Crippen LogP contribution is 2.37. The third-order valence-electron chi connectivity index (χ3n) is 6.45. The van der Waals surface area contributed by atoms with Crippen molar-refractivity contribution in [2.45, 2.75) is 38.8 Å². The van der Waals surface area contributed by atoms with Gasteiger partial charge >= 0.3 is 0 Å². The van der Waals surface area contributed by atoms with Gasteiger partial charge in [-0.05, 0) is 43.5 Å². The molecule has 2 atom stereocenters. The quantitative estimate of drug-likeness (QED) is 0.493. The number of benzene rings is 2. The molecule has 5 rings (SSSR count). The molecule has 30 heavy (non-hydrogen) atoms. The lowest BCUT2D eigenvalue weighted by molar-refractivity contribution is -0.929. The number of aryl methyl sites for hydroxylation is 2. The number of rotatable bonds is 4. The molecule has 1 unspecified atom stereocenters. The molecule has 1 amide bonds. The molecule has 0 saturated heterocycles. The van der Waals surface area contributed by atoms with Crippen molar-refractivity contribution in [3.05, 3.63) is 69.9 Å². The summed E-state index contributed by atoms with van der Waals surface area (Å²) in [5.41, 5.74) is 9.09. The number of hydrogen-bond acceptors (Lipinski definition) is 2. The number of fused-ring (bicyclic) bond motifs is 3. The van der Waals surface area contributed by atoms with E-state index in [1.54, 1.807) is 6.21 Å². The van der Waals surface area contributed by atoms with Crippen LogP contribution in [-0.4, -0.2) is 29.8 Å². The van der Waals surface area contributed by atoms with E-state index in [0.717, 1.165) is 31.5 Å². The Morgan fingerprint density at radius 3 is 3.07 bits per heavy atom. The van der Waals surface area contributed by atoms with Gasteiger partial charge in [0, 0.05) is 27.9 Å². The molecule has 0 bridgehead atoms. The first-order valence-corrected chi connectivity index (χ1v) is 11.0. The summed E-state index contributed by atoms with van der Waals surface area (Å²) in [7, 11) is 0. The Labute approximate surface area is 181 Å². The van der Waals surface area contributed by atoms with Crippen molar-refractivity contribution in [3.8, 4) is 0 Å². The van der Waals surface area contributed by atoms with E-state index in [2.05, 4.69) is 40.2 Å². The molecule has 2 aliphatic rings. The molecule has 2 aromatic carbocycles. The van der Waals surface area contributed by atoms with Gasteiger partial charge < -0.3 is 9.47 Å². The van der Waals surface area contributed by atoms with Crippen LogP contribution < -0.4 is 10.3 Å². The molecule has 0 fully saturated rings. The number of hydrazone groups is 1. The van der Waals surface area contributed by atoms with Gasteiger partial charge in [-0.3, -0.25) is 4.79 Å². The van der Waals surface area contributed by atoms with Crippen molar-refractivity contribution < 1.29 is 9.69 Å². The van der Waals surface area contributed by atoms with E-state index in [9.17, 15) is 4.79 Å². The van der Waals surface area contributed by atoms with Crippen LogP contribution >= 0.6 is 11.6 Å². The first kappa shape index (κ1) is 19.3. The largest absolute Gasteiger partial charge is 0.334 e. The van der Waals surface area contributed by atoms with Crippen molar-refractivity contribution in [2.24, 2.45) is 5.10 Å². The number of halogens is 1. The summed E-state index contributed by atoms with van der Waals surface area (Å²) in [4.78, 5) is 13.9. The van der Waals surface area contributed by atoms with Crippen molar-refractivity contribution in [1.82, 2.24) is 9.99 Å². The minimum Gasteiger partial charge on any atom is -0.334 e. The molecule has 1 aliphatic heterocycles. The van der Waals surface area contributed by atoms with Crippen molar-refractivity contribution >= 4 is 34.6 Å². The molecule has 0 radical (unpaired) electrons. The summed E-state index contributed by atoms with van der Waals surface area (Å²) in [5.74, 6) is -0.0548. The lowest BCUT2D eigenvalue weighted by Crippen LogP contribution is -3.14. The Hall–Kier alpha value is -2.63. The number of quaternary nitrogens is 1. The van der Waals surface area contributed by atoms with E-state index in [4.69, 9.17) is 11.6 Å². The summed E-state index contributed by atoms with van der Waals surface area (Å²) in [6, 6.07) is 14.6. The summed E-state index contributed by atoms with van der Waals surface area (Å²) in [5, 5.41) is 6.14. The molecule has 5 nitrogen and oxygen atoms in total. The highest BCUT2D eigenvalue weighted by Gasteiger charge is 2.38. The zero-order valence-corrected chi connectivity index (χ0v) is 17.9. The Kier molecular flexibility index (Phi) is 5.09. The SMILES string of the molecule is Cc1ccc2c(c1)c1c3n2CC[NH+](CC(=O)N/N=C\c2ccccc2Cl)[C@@H]3CCC1. The van der Waals surface area contributed by atoms with Gasteiger partial charge in [0.2, 0.25) is 0 Å². The molecule has 154 valence electrons. The van der Waals surface area contributed by atoms with Crippen LogP contribution in [0.5, 0.6) is 0 Å². The van der Waals surface area contributed by atoms with Crippen molar-refractivity contribution in [2.75, 3.05) is 13.1 Å². The molecule has 3 aromatic rings. The maximum absolute atomic E-state index is 12.6. The zero-order valence-electron chi connectivity index (χ0n) is 17.1. The second-order valence-electron chi connectivity index (χ2n) is 8.38. The normalized spacial score (nSPS) is 20.5. The minimum absolute atomic E-state index is 0.0548. The van der Waals surface area contributed by atoms with Crippen molar-refractivity contribution in [1.29, 1.82) is 0 Å². The summed E-state index contributed by atoms with van der Waals surface area (Å²) in [6.45, 7) is 4.51. The standard InChI is InChI=1S/C24H25ClN4O/c1-16-9-10-21-19(13-16)18-6-4-8-22-24(18)29(21)12-11-28(22)15-23(30)27-26-14-17-5-2-3-7-20(17)25/h2-3,5,7,9-10,13-14,22H,4,6,8,11-12,15H2,1H3,(H,27,30)/p+1/b26-14-/t22-/m1/s1. The minimum atomic E-state index is -0.0548. The lowest BCUT2D eigenvalue weighted by atomic mass is 9.89. The van der Waals surface area contributed by atoms with Crippen molar-refractivity contribution in [3.63, 3.8) is 0 Å². The molecule has 6 heteroatoms. The predicted molar refractivity (Wildman–Crippen MR) is 120 cm³/mol. The third kappa shape index (κ3) is 3.42. The topological polar surface area (TPSA) is 50.8 Å². The zero-order chi connectivity index (χ0) is 20.7. The summed E-state index contributed by atoms with van der Waals surface area (Å²) in [6.07, 6.45) is 5.05. The Balaban J connectivity index is 1.33. The average Bonchev–Trinajstić information content (AvgIpc) is 3.06. The lowest BCUT2D eigenvalue weighted by Gasteiger charge is -2.36. The van der Waals surface area contributed by atoms with Gasteiger partial charge in [-0.15, -0.1) is 0 Å². The monoisotopic (exact) mass is 421 g/mol. The number of nitrogens with zero attached hydrogens (tertiary/aromatic N) is 2. The fourth-order valence-electron chi connectivity index (χ4n) is 5.12. The third-order valence-corrected chi connectivity index (χ3v) is 6.80. The second kappa shape index (κ2) is 7.89. The van der Waals surface area contributed by atoms with E-state index in [-0.39, 0.29) is 5.91 Å². The number of amides is 1. The van der Waals surface area contributed by atoms with Crippen LogP contribution in [0.25, 0.3) is 10.9 Å². The van der Waals surface area contributed by atoms with E-state index in [1.165, 1.54) is 39.0 Å². The molecule has 1 aliphatic carbocycles. The van der Waals surface area contributed by atoms with Crippen LogP contribution in [0, 0.1) is 6.92 Å². The molecular weight excluding hydrogens is 396 g/mol. The predicted octanol–water partition coefficient (Wildman–Crippen LogP) is 3.03. The van der Waals surface area contributed by atoms with Crippen LogP contribution in [0.3, 0.4) is 0 Å². The van der Waals surface area contributed by atoms with Gasteiger partial charge in [-0.1, -0.05) is 41.4 Å². The van der Waals surface area contributed by atoms with Gasteiger partial charge in [0.05, 0.1) is 25.0 Å². The first-order valence-electron chi connectivity index (χ1n) is 10.6. The van der Waals surface area contributed by atoms with E-state index in [0.29, 0.717) is 17.6 Å². The highest BCUT2D eigenvalue weighted by atomic mass is 35.5. The van der Waals surface area contributed by atoms with Gasteiger partial charge in [-0.2, -0.15) is 5.10 Å². The fraction of sp³-hybridized carbons (Fsp3) is 0.333. The number of carbonyl (C=O) groups is 1. The highest BCUT2D eigenvalue weighted by molar-refractivity contribution is 6.33. The molecule has 2 heterocycles. The van der Waals surface area contributed by atoms with Crippen LogP contribution in [-0.2, 0) is 17.8 Å². The Bertz CT molecular complexity index is 1150. The van der Waals surface area contributed by atoms with Crippen LogP contribution in [0.4, 0.5) is 0 Å². The van der Waals surface area contributed by atoms with Gasteiger partial charge in [0.15, 0.2) is 6.54 Å². The average molecular weight is 422 g/mol. The fourth-order valence-corrected chi connectivity index (χ4v) is 5.30. The maximum Gasteiger partial charge on any atom is 0.295 e. The second-order valence-corrected chi connectivity index (χ2v) is 8.79. The number of hydrogen-bond donors (Lipinski definition) is 2. The number of nitrogens with one attached hydrogen (secondary N) is 2. The van der Waals surface area contributed by atoms with Gasteiger partial charge in [-0.25, -0.2) is 5.43 Å². The first-order chi connectivity index (χ1) is 14.6. The van der Waals surface area contributed by atoms with E-state index < -0.39 is 0 Å². The number of aromatic nitrogens is 1. The summed E-state index contributed by atoms with van der Waals surface area (Å²) >= 11 is 6.14. The van der Waals surface area contributed by atoms with Crippen LogP contribution in [0.15, 0.2) is 47.6 Å². The molecular formula is C24H26ClN4O+. The molecule has 0 saturated carbocycles. The van der Waals surface area contributed by atoms with Gasteiger partial charge in [0.25, 0.3) is 5.91 Å².